The Morgan fingerprint density at radius 1 is 1.26 bits per heavy atom. The molecule has 1 rings (SSSR count). The quantitative estimate of drug-likeness (QED) is 0.785. The van der Waals surface area contributed by atoms with Gasteiger partial charge in [-0.1, -0.05) is 12.1 Å². The Kier molecular flexibility index (Phi) is 6.67. The summed E-state index contributed by atoms with van der Waals surface area (Å²) in [6.45, 7) is 7.06. The van der Waals surface area contributed by atoms with Crippen LogP contribution in [0.2, 0.25) is 0 Å². The number of ether oxygens (including phenoxy) is 3. The van der Waals surface area contributed by atoms with Gasteiger partial charge in [0.25, 0.3) is 0 Å². The maximum Gasteiger partial charge on any atom is 0.164 e. The summed E-state index contributed by atoms with van der Waals surface area (Å²) in [6.07, 6.45) is 0.731. The second-order valence-electron chi connectivity index (χ2n) is 4.74. The smallest absolute Gasteiger partial charge is 0.164 e. The number of rotatable bonds is 8. The molecular weight excluding hydrogens is 242 g/mol. The van der Waals surface area contributed by atoms with Gasteiger partial charge in [-0.05, 0) is 38.8 Å². The van der Waals surface area contributed by atoms with Crippen LogP contribution >= 0.6 is 0 Å². The lowest BCUT2D eigenvalue weighted by molar-refractivity contribution is 0.0886. The second-order valence-corrected chi connectivity index (χ2v) is 4.74. The van der Waals surface area contributed by atoms with Crippen LogP contribution in [0, 0.1) is 0 Å². The zero-order chi connectivity index (χ0) is 14.3. The van der Waals surface area contributed by atoms with Crippen molar-refractivity contribution in [1.29, 1.82) is 0 Å². The average Bonchev–Trinajstić information content (AvgIpc) is 2.33. The molecule has 0 radical (unpaired) electrons. The lowest BCUT2D eigenvalue weighted by atomic mass is 10.1. The molecule has 0 saturated carbocycles. The summed E-state index contributed by atoms with van der Waals surface area (Å²) < 4.78 is 16.7. The predicted molar refractivity (Wildman–Crippen MR) is 76.9 cm³/mol. The molecular formula is C15H25NO3. The maximum atomic E-state index is 5.96. The molecule has 1 aromatic carbocycles. The molecule has 0 heterocycles. The van der Waals surface area contributed by atoms with Gasteiger partial charge in [0.15, 0.2) is 11.5 Å². The van der Waals surface area contributed by atoms with Gasteiger partial charge in [-0.3, -0.25) is 0 Å². The zero-order valence-corrected chi connectivity index (χ0v) is 12.3. The summed E-state index contributed by atoms with van der Waals surface area (Å²) in [6, 6.07) is 6.00. The molecule has 0 fully saturated rings. The third kappa shape index (κ3) is 5.09. The van der Waals surface area contributed by atoms with Crippen LogP contribution in [0.1, 0.15) is 26.3 Å². The molecule has 19 heavy (non-hydrogen) atoms. The standard InChI is InChI=1S/C15H25NO3/c1-5-18-14-8-6-7-13(9-11(2)16)15(14)19-12(3)10-17-4/h6-8,11-12H,5,9-10,16H2,1-4H3. The lowest BCUT2D eigenvalue weighted by Crippen LogP contribution is -2.22. The molecule has 0 aliphatic carbocycles. The van der Waals surface area contributed by atoms with Gasteiger partial charge in [0, 0.05) is 13.2 Å². The van der Waals surface area contributed by atoms with Crippen molar-refractivity contribution in [1.82, 2.24) is 0 Å². The van der Waals surface area contributed by atoms with Gasteiger partial charge >= 0.3 is 0 Å². The van der Waals surface area contributed by atoms with Gasteiger partial charge in [-0.25, -0.2) is 0 Å². The Balaban J connectivity index is 2.98. The highest BCUT2D eigenvalue weighted by Gasteiger charge is 2.15. The molecule has 2 unspecified atom stereocenters. The van der Waals surface area contributed by atoms with Crippen LogP contribution in [-0.2, 0) is 11.2 Å². The van der Waals surface area contributed by atoms with Crippen LogP contribution in [0.5, 0.6) is 11.5 Å². The van der Waals surface area contributed by atoms with Crippen LogP contribution in [-0.4, -0.2) is 32.5 Å². The zero-order valence-electron chi connectivity index (χ0n) is 12.3. The first-order valence-corrected chi connectivity index (χ1v) is 6.74. The third-order valence-electron chi connectivity index (χ3n) is 2.62. The number of para-hydroxylation sites is 1. The fourth-order valence-electron chi connectivity index (χ4n) is 1.94. The summed E-state index contributed by atoms with van der Waals surface area (Å²) in [7, 11) is 1.66. The average molecular weight is 267 g/mol. The fourth-order valence-corrected chi connectivity index (χ4v) is 1.94. The van der Waals surface area contributed by atoms with Gasteiger partial charge in [-0.15, -0.1) is 0 Å². The van der Waals surface area contributed by atoms with E-state index in [-0.39, 0.29) is 12.1 Å². The minimum absolute atomic E-state index is 0.0292. The van der Waals surface area contributed by atoms with Crippen LogP contribution < -0.4 is 15.2 Å². The van der Waals surface area contributed by atoms with E-state index in [4.69, 9.17) is 19.9 Å². The van der Waals surface area contributed by atoms with Crippen molar-refractivity contribution in [3.8, 4) is 11.5 Å². The summed E-state index contributed by atoms with van der Waals surface area (Å²) in [5, 5.41) is 0. The van der Waals surface area contributed by atoms with E-state index in [0.29, 0.717) is 13.2 Å². The number of benzene rings is 1. The van der Waals surface area contributed by atoms with E-state index in [0.717, 1.165) is 23.5 Å². The van der Waals surface area contributed by atoms with Crippen molar-refractivity contribution >= 4 is 0 Å². The first-order chi connectivity index (χ1) is 9.08. The summed E-state index contributed by atoms with van der Waals surface area (Å²) in [4.78, 5) is 0. The largest absolute Gasteiger partial charge is 0.490 e. The van der Waals surface area contributed by atoms with Crippen molar-refractivity contribution in [2.24, 2.45) is 5.73 Å². The molecule has 0 spiro atoms. The SMILES string of the molecule is CCOc1cccc(CC(C)N)c1OC(C)COC. The topological polar surface area (TPSA) is 53.7 Å². The van der Waals surface area contributed by atoms with E-state index in [1.165, 1.54) is 0 Å². The summed E-state index contributed by atoms with van der Waals surface area (Å²) >= 11 is 0. The van der Waals surface area contributed by atoms with E-state index in [1.54, 1.807) is 7.11 Å². The molecule has 2 N–H and O–H groups in total. The van der Waals surface area contributed by atoms with Crippen LogP contribution in [0.25, 0.3) is 0 Å². The number of hydrogen-bond acceptors (Lipinski definition) is 4. The third-order valence-corrected chi connectivity index (χ3v) is 2.62. The fraction of sp³-hybridized carbons (Fsp3) is 0.600. The van der Waals surface area contributed by atoms with Gasteiger partial charge in [0.05, 0.1) is 13.2 Å². The van der Waals surface area contributed by atoms with Crippen molar-refractivity contribution in [2.45, 2.75) is 39.3 Å². The van der Waals surface area contributed by atoms with Crippen LogP contribution in [0.3, 0.4) is 0 Å². The minimum Gasteiger partial charge on any atom is -0.490 e. The minimum atomic E-state index is -0.0292. The molecule has 1 aromatic rings. The lowest BCUT2D eigenvalue weighted by Gasteiger charge is -2.20. The van der Waals surface area contributed by atoms with Crippen molar-refractivity contribution < 1.29 is 14.2 Å². The summed E-state index contributed by atoms with van der Waals surface area (Å²) in [5.41, 5.74) is 6.96. The number of hydrogen-bond donors (Lipinski definition) is 1. The molecule has 4 nitrogen and oxygen atoms in total. The highest BCUT2D eigenvalue weighted by Crippen LogP contribution is 2.33. The highest BCUT2D eigenvalue weighted by atomic mass is 16.5. The number of methoxy groups -OCH3 is 1. The molecule has 0 amide bonds. The van der Waals surface area contributed by atoms with Gasteiger partial charge in [-0.2, -0.15) is 0 Å². The first kappa shape index (κ1) is 15.8. The molecule has 0 aliphatic heterocycles. The normalized spacial score (nSPS) is 13.9. The van der Waals surface area contributed by atoms with E-state index in [2.05, 4.69) is 0 Å². The Morgan fingerprint density at radius 2 is 2.00 bits per heavy atom. The van der Waals surface area contributed by atoms with Crippen LogP contribution in [0.15, 0.2) is 18.2 Å². The Bertz CT molecular complexity index is 380. The number of nitrogens with two attached hydrogens (primary N) is 1. The van der Waals surface area contributed by atoms with Crippen LogP contribution in [0.4, 0.5) is 0 Å². The Hall–Kier alpha value is -1.26. The van der Waals surface area contributed by atoms with Crippen molar-refractivity contribution in [2.75, 3.05) is 20.3 Å². The first-order valence-electron chi connectivity index (χ1n) is 6.74. The molecule has 0 aliphatic rings. The molecule has 4 heteroatoms. The Labute approximate surface area is 115 Å². The molecule has 108 valence electrons. The van der Waals surface area contributed by atoms with Crippen molar-refractivity contribution in [3.05, 3.63) is 23.8 Å². The second kappa shape index (κ2) is 8.02. The summed E-state index contributed by atoms with van der Waals surface area (Å²) in [5.74, 6) is 1.55. The van der Waals surface area contributed by atoms with E-state index >= 15 is 0 Å². The maximum absolute atomic E-state index is 5.96. The molecule has 0 bridgehead atoms. The van der Waals surface area contributed by atoms with Crippen molar-refractivity contribution in [3.63, 3.8) is 0 Å². The van der Waals surface area contributed by atoms with E-state index in [1.807, 2.05) is 39.0 Å². The van der Waals surface area contributed by atoms with Gasteiger partial charge in [0.2, 0.25) is 0 Å². The monoisotopic (exact) mass is 267 g/mol. The predicted octanol–water partition coefficient (Wildman–Crippen LogP) is 2.39. The molecule has 0 saturated heterocycles. The molecule has 0 aromatic heterocycles. The van der Waals surface area contributed by atoms with Gasteiger partial charge < -0.3 is 19.9 Å². The molecule has 2 atom stereocenters. The van der Waals surface area contributed by atoms with E-state index < -0.39 is 0 Å². The highest BCUT2D eigenvalue weighted by molar-refractivity contribution is 5.47. The van der Waals surface area contributed by atoms with E-state index in [9.17, 15) is 0 Å². The van der Waals surface area contributed by atoms with Gasteiger partial charge in [0.1, 0.15) is 6.10 Å². The Morgan fingerprint density at radius 3 is 2.58 bits per heavy atom.